The maximum atomic E-state index is 4.52. The lowest BCUT2D eigenvalue weighted by Gasteiger charge is -2.15. The molecule has 1 unspecified atom stereocenters. The number of rotatable bonds is 5. The molecule has 0 saturated heterocycles. The van der Waals surface area contributed by atoms with Crippen molar-refractivity contribution in [3.8, 4) is 0 Å². The van der Waals surface area contributed by atoms with E-state index in [1.54, 1.807) is 11.3 Å². The fourth-order valence-corrected chi connectivity index (χ4v) is 2.63. The van der Waals surface area contributed by atoms with E-state index in [-0.39, 0.29) is 0 Å². The van der Waals surface area contributed by atoms with E-state index >= 15 is 0 Å². The molecule has 86 valence electrons. The van der Waals surface area contributed by atoms with E-state index in [2.05, 4.69) is 44.9 Å². The summed E-state index contributed by atoms with van der Waals surface area (Å²) in [6.45, 7) is 11.9. The van der Waals surface area contributed by atoms with Gasteiger partial charge in [-0.2, -0.15) is 0 Å². The first kappa shape index (κ1) is 12.7. The van der Waals surface area contributed by atoms with Crippen molar-refractivity contribution in [1.82, 2.24) is 10.3 Å². The molecule has 0 saturated carbocycles. The summed E-state index contributed by atoms with van der Waals surface area (Å²) in [6.07, 6.45) is 1.22. The van der Waals surface area contributed by atoms with E-state index < -0.39 is 0 Å². The largest absolute Gasteiger partial charge is 0.309 e. The third-order valence-electron chi connectivity index (χ3n) is 2.44. The molecule has 0 aliphatic heterocycles. The minimum Gasteiger partial charge on any atom is -0.309 e. The van der Waals surface area contributed by atoms with Crippen LogP contribution in [0.5, 0.6) is 0 Å². The lowest BCUT2D eigenvalue weighted by molar-refractivity contribution is 0.439. The molecule has 1 aromatic heterocycles. The Bertz CT molecular complexity index is 305. The van der Waals surface area contributed by atoms with Gasteiger partial charge in [0.25, 0.3) is 0 Å². The number of aryl methyl sites for hydroxylation is 2. The van der Waals surface area contributed by atoms with Crippen LogP contribution in [0.15, 0.2) is 0 Å². The smallest absolute Gasteiger partial charge is 0.0900 e. The molecule has 0 spiro atoms. The number of hydrogen-bond acceptors (Lipinski definition) is 3. The Balaban J connectivity index is 2.40. The highest BCUT2D eigenvalue weighted by molar-refractivity contribution is 7.11. The molecule has 0 bridgehead atoms. The Morgan fingerprint density at radius 3 is 2.40 bits per heavy atom. The fraction of sp³-hybridized carbons (Fsp3) is 0.750. The minimum atomic E-state index is 0.575. The average molecular weight is 226 g/mol. The number of nitrogens with one attached hydrogen (secondary N) is 1. The maximum absolute atomic E-state index is 4.52. The van der Waals surface area contributed by atoms with Gasteiger partial charge in [-0.1, -0.05) is 13.8 Å². The summed E-state index contributed by atoms with van der Waals surface area (Å²) >= 11 is 1.78. The minimum absolute atomic E-state index is 0.575. The predicted octanol–water partition coefficient (Wildman–Crippen LogP) is 3.28. The van der Waals surface area contributed by atoms with E-state index in [1.807, 2.05) is 0 Å². The molecular formula is C12H22N2S. The molecule has 0 amide bonds. The molecule has 0 radical (unpaired) electrons. The zero-order valence-electron chi connectivity index (χ0n) is 10.4. The maximum Gasteiger partial charge on any atom is 0.0900 e. The van der Waals surface area contributed by atoms with Crippen LogP contribution in [0.3, 0.4) is 0 Å². The topological polar surface area (TPSA) is 24.9 Å². The van der Waals surface area contributed by atoms with E-state index in [0.717, 1.165) is 12.5 Å². The van der Waals surface area contributed by atoms with E-state index in [9.17, 15) is 0 Å². The summed E-state index contributed by atoms with van der Waals surface area (Å²) in [6, 6.07) is 0.575. The van der Waals surface area contributed by atoms with Gasteiger partial charge in [-0.3, -0.25) is 0 Å². The first-order chi connectivity index (χ1) is 6.99. The van der Waals surface area contributed by atoms with E-state index in [0.29, 0.717) is 6.04 Å². The van der Waals surface area contributed by atoms with Gasteiger partial charge >= 0.3 is 0 Å². The molecule has 1 rings (SSSR count). The zero-order valence-corrected chi connectivity index (χ0v) is 11.2. The molecule has 0 aromatic carbocycles. The molecule has 0 aliphatic carbocycles. The fourth-order valence-electron chi connectivity index (χ4n) is 1.80. The van der Waals surface area contributed by atoms with Crippen LogP contribution in [-0.2, 0) is 6.54 Å². The van der Waals surface area contributed by atoms with Gasteiger partial charge in [0, 0.05) is 17.5 Å². The van der Waals surface area contributed by atoms with Gasteiger partial charge in [-0.05, 0) is 33.1 Å². The first-order valence-electron chi connectivity index (χ1n) is 5.65. The Labute approximate surface area is 97.1 Å². The predicted molar refractivity (Wildman–Crippen MR) is 67.3 cm³/mol. The Morgan fingerprint density at radius 1 is 1.27 bits per heavy atom. The third-order valence-corrected chi connectivity index (χ3v) is 3.37. The normalized spacial score (nSPS) is 13.5. The van der Waals surface area contributed by atoms with Crippen molar-refractivity contribution >= 4 is 11.3 Å². The number of hydrogen-bond donors (Lipinski definition) is 1. The van der Waals surface area contributed by atoms with E-state index in [4.69, 9.17) is 0 Å². The molecule has 0 aliphatic rings. The van der Waals surface area contributed by atoms with Crippen LogP contribution in [0.25, 0.3) is 0 Å². The van der Waals surface area contributed by atoms with Crippen molar-refractivity contribution in [3.05, 3.63) is 15.6 Å². The second kappa shape index (κ2) is 5.61. The molecule has 1 aromatic rings. The molecular weight excluding hydrogens is 204 g/mol. The highest BCUT2D eigenvalue weighted by atomic mass is 32.1. The van der Waals surface area contributed by atoms with Crippen LogP contribution >= 0.6 is 11.3 Å². The molecule has 1 atom stereocenters. The van der Waals surface area contributed by atoms with Crippen LogP contribution in [0.4, 0.5) is 0 Å². The number of thiazole rings is 1. The van der Waals surface area contributed by atoms with Gasteiger partial charge in [0.15, 0.2) is 0 Å². The lowest BCUT2D eigenvalue weighted by Crippen LogP contribution is -2.27. The van der Waals surface area contributed by atoms with Crippen LogP contribution in [0.2, 0.25) is 0 Å². The summed E-state index contributed by atoms with van der Waals surface area (Å²) in [5.74, 6) is 0.755. The van der Waals surface area contributed by atoms with Gasteiger partial charge in [-0.15, -0.1) is 11.3 Å². The zero-order chi connectivity index (χ0) is 11.4. The monoisotopic (exact) mass is 226 g/mol. The standard InChI is InChI=1S/C12H22N2S/c1-8(2)6-9(3)13-7-12-10(4)15-11(5)14-12/h8-9,13H,6-7H2,1-5H3. The summed E-state index contributed by atoms with van der Waals surface area (Å²) < 4.78 is 0. The first-order valence-corrected chi connectivity index (χ1v) is 6.47. The van der Waals surface area contributed by atoms with Gasteiger partial charge in [-0.25, -0.2) is 4.98 Å². The van der Waals surface area contributed by atoms with Crippen molar-refractivity contribution in [1.29, 1.82) is 0 Å². The van der Waals surface area contributed by atoms with Crippen LogP contribution < -0.4 is 5.32 Å². The van der Waals surface area contributed by atoms with Crippen LogP contribution in [0, 0.1) is 19.8 Å². The van der Waals surface area contributed by atoms with Crippen molar-refractivity contribution in [2.24, 2.45) is 5.92 Å². The molecule has 2 nitrogen and oxygen atoms in total. The quantitative estimate of drug-likeness (QED) is 0.833. The summed E-state index contributed by atoms with van der Waals surface area (Å²) in [5.41, 5.74) is 1.22. The Morgan fingerprint density at radius 2 is 1.93 bits per heavy atom. The van der Waals surface area contributed by atoms with Crippen molar-refractivity contribution < 1.29 is 0 Å². The molecule has 0 fully saturated rings. The number of nitrogens with zero attached hydrogens (tertiary/aromatic N) is 1. The van der Waals surface area contributed by atoms with E-state index in [1.165, 1.54) is 22.0 Å². The molecule has 1 heterocycles. The highest BCUT2D eigenvalue weighted by Crippen LogP contribution is 2.16. The van der Waals surface area contributed by atoms with Gasteiger partial charge in [0.2, 0.25) is 0 Å². The molecule has 1 N–H and O–H groups in total. The summed E-state index contributed by atoms with van der Waals surface area (Å²) in [5, 5.41) is 4.70. The summed E-state index contributed by atoms with van der Waals surface area (Å²) in [4.78, 5) is 5.86. The van der Waals surface area contributed by atoms with Gasteiger partial charge in [0.1, 0.15) is 0 Å². The van der Waals surface area contributed by atoms with Crippen molar-refractivity contribution in [3.63, 3.8) is 0 Å². The highest BCUT2D eigenvalue weighted by Gasteiger charge is 2.08. The molecule has 3 heteroatoms. The van der Waals surface area contributed by atoms with Crippen LogP contribution in [0.1, 0.15) is 42.8 Å². The Kier molecular flexibility index (Phi) is 4.74. The van der Waals surface area contributed by atoms with Crippen LogP contribution in [-0.4, -0.2) is 11.0 Å². The van der Waals surface area contributed by atoms with Gasteiger partial charge < -0.3 is 5.32 Å². The average Bonchev–Trinajstić information content (AvgIpc) is 2.40. The Hall–Kier alpha value is -0.410. The second-order valence-electron chi connectivity index (χ2n) is 4.65. The SMILES string of the molecule is Cc1nc(CNC(C)CC(C)C)c(C)s1. The lowest BCUT2D eigenvalue weighted by atomic mass is 10.1. The van der Waals surface area contributed by atoms with Crippen molar-refractivity contribution in [2.75, 3.05) is 0 Å². The van der Waals surface area contributed by atoms with Crippen molar-refractivity contribution in [2.45, 2.75) is 53.6 Å². The van der Waals surface area contributed by atoms with Gasteiger partial charge in [0.05, 0.1) is 10.7 Å². The number of aromatic nitrogens is 1. The second-order valence-corrected chi connectivity index (χ2v) is 6.05. The summed E-state index contributed by atoms with van der Waals surface area (Å²) in [7, 11) is 0. The third kappa shape index (κ3) is 4.31. The molecule has 15 heavy (non-hydrogen) atoms.